The Morgan fingerprint density at radius 2 is 1.79 bits per heavy atom. The van der Waals surface area contributed by atoms with Gasteiger partial charge < -0.3 is 14.4 Å². The summed E-state index contributed by atoms with van der Waals surface area (Å²) in [6.07, 6.45) is 5.35. The number of carbonyl (C=O) groups is 2. The second kappa shape index (κ2) is 7.81. The predicted molar refractivity (Wildman–Crippen MR) is 92.3 cm³/mol. The van der Waals surface area contributed by atoms with E-state index in [1.165, 1.54) is 7.11 Å². The van der Waals surface area contributed by atoms with Gasteiger partial charge in [-0.05, 0) is 42.5 Å². The molecule has 0 spiro atoms. The lowest BCUT2D eigenvalue weighted by atomic mass is 9.96. The minimum atomic E-state index is -0.490. The van der Waals surface area contributed by atoms with Gasteiger partial charge in [-0.3, -0.25) is 4.79 Å². The number of amides is 1. The Bertz CT molecular complexity index is 634. The number of rotatable bonds is 7. The quantitative estimate of drug-likeness (QED) is 0.570. The molecule has 2 rings (SSSR count). The van der Waals surface area contributed by atoms with Gasteiger partial charge in [0.1, 0.15) is 11.8 Å². The third-order valence-corrected chi connectivity index (χ3v) is 4.18. The van der Waals surface area contributed by atoms with Crippen LogP contribution in [0.2, 0.25) is 0 Å². The molecule has 1 aliphatic rings. The minimum absolute atomic E-state index is 0.171. The van der Waals surface area contributed by atoms with E-state index in [0.717, 1.165) is 16.9 Å². The number of esters is 1. The molecule has 1 aliphatic heterocycles. The van der Waals surface area contributed by atoms with Gasteiger partial charge in [-0.2, -0.15) is 0 Å². The monoisotopic (exact) mass is 329 g/mol. The Morgan fingerprint density at radius 3 is 2.17 bits per heavy atom. The zero-order valence-electron chi connectivity index (χ0n) is 14.2. The predicted octanol–water partition coefficient (Wildman–Crippen LogP) is 2.54. The zero-order valence-corrected chi connectivity index (χ0v) is 14.2. The largest absolute Gasteiger partial charge is 0.496 e. The number of allylic oxidation sites excluding steroid dienone is 2. The summed E-state index contributed by atoms with van der Waals surface area (Å²) in [5, 5.41) is 0. The Kier molecular flexibility index (Phi) is 5.79. The van der Waals surface area contributed by atoms with E-state index in [2.05, 4.69) is 13.2 Å². The van der Waals surface area contributed by atoms with Crippen LogP contribution >= 0.6 is 0 Å². The van der Waals surface area contributed by atoms with Crippen LogP contribution in [0, 0.1) is 0 Å². The van der Waals surface area contributed by atoms with Crippen molar-refractivity contribution in [2.24, 2.45) is 0 Å². The number of hydrogen-bond acceptors (Lipinski definition) is 4. The number of ether oxygens (including phenoxy) is 2. The van der Waals surface area contributed by atoms with E-state index in [-0.39, 0.29) is 11.9 Å². The van der Waals surface area contributed by atoms with Crippen LogP contribution in [-0.4, -0.2) is 43.6 Å². The summed E-state index contributed by atoms with van der Waals surface area (Å²) in [6, 6.07) is 3.12. The Labute approximate surface area is 142 Å². The van der Waals surface area contributed by atoms with Gasteiger partial charge in [-0.15, -0.1) is 13.2 Å². The fourth-order valence-corrected chi connectivity index (χ4v) is 2.93. The average Bonchev–Trinajstić information content (AvgIpc) is 2.54. The molecule has 0 saturated carbocycles. The number of hydrogen-bond donors (Lipinski definition) is 0. The zero-order chi connectivity index (χ0) is 17.7. The molecule has 0 aromatic heterocycles. The van der Waals surface area contributed by atoms with Gasteiger partial charge in [-0.1, -0.05) is 12.2 Å². The van der Waals surface area contributed by atoms with Crippen molar-refractivity contribution in [3.63, 3.8) is 0 Å². The van der Waals surface area contributed by atoms with E-state index in [1.807, 2.05) is 12.1 Å². The van der Waals surface area contributed by atoms with Crippen LogP contribution in [0.1, 0.15) is 27.9 Å². The van der Waals surface area contributed by atoms with E-state index < -0.39 is 6.04 Å². The summed E-state index contributed by atoms with van der Waals surface area (Å²) in [7, 11) is 2.94. The highest BCUT2D eigenvalue weighted by atomic mass is 16.5. The van der Waals surface area contributed by atoms with E-state index in [9.17, 15) is 9.59 Å². The Morgan fingerprint density at radius 1 is 1.21 bits per heavy atom. The van der Waals surface area contributed by atoms with Crippen molar-refractivity contribution in [2.45, 2.75) is 25.3 Å². The highest BCUT2D eigenvalue weighted by molar-refractivity contribution is 5.98. The van der Waals surface area contributed by atoms with Crippen molar-refractivity contribution in [3.8, 4) is 5.75 Å². The van der Waals surface area contributed by atoms with Gasteiger partial charge in [0.25, 0.3) is 5.91 Å². The second-order valence-electron chi connectivity index (χ2n) is 5.64. The molecule has 5 heteroatoms. The molecule has 1 saturated heterocycles. The normalized spacial score (nSPS) is 16.1. The lowest BCUT2D eigenvalue weighted by molar-refractivity contribution is -0.149. The molecule has 0 N–H and O–H groups in total. The van der Waals surface area contributed by atoms with Crippen LogP contribution < -0.4 is 4.74 Å². The summed E-state index contributed by atoms with van der Waals surface area (Å²) < 4.78 is 10.3. The van der Waals surface area contributed by atoms with Crippen LogP contribution in [0.4, 0.5) is 0 Å². The van der Waals surface area contributed by atoms with Crippen LogP contribution in [0.15, 0.2) is 37.4 Å². The van der Waals surface area contributed by atoms with Crippen LogP contribution in [-0.2, 0) is 22.4 Å². The molecule has 0 unspecified atom stereocenters. The number of benzene rings is 1. The maximum absolute atomic E-state index is 12.8. The summed E-state index contributed by atoms with van der Waals surface area (Å²) in [6.45, 7) is 8.07. The van der Waals surface area contributed by atoms with Gasteiger partial charge in [0.05, 0.1) is 14.2 Å². The maximum atomic E-state index is 12.8. The third kappa shape index (κ3) is 3.35. The molecule has 1 heterocycles. The van der Waals surface area contributed by atoms with E-state index in [0.29, 0.717) is 31.4 Å². The van der Waals surface area contributed by atoms with Gasteiger partial charge in [0.2, 0.25) is 0 Å². The lowest BCUT2D eigenvalue weighted by Gasteiger charge is -2.38. The molecule has 0 radical (unpaired) electrons. The first-order chi connectivity index (χ1) is 11.6. The highest BCUT2D eigenvalue weighted by Gasteiger charge is 2.39. The summed E-state index contributed by atoms with van der Waals surface area (Å²) >= 11 is 0. The second-order valence-corrected chi connectivity index (χ2v) is 5.64. The first-order valence-electron chi connectivity index (χ1n) is 7.87. The van der Waals surface area contributed by atoms with Gasteiger partial charge in [-0.25, -0.2) is 4.79 Å². The molecule has 0 aliphatic carbocycles. The maximum Gasteiger partial charge on any atom is 0.328 e. The summed E-state index contributed by atoms with van der Waals surface area (Å²) in [5.74, 6) is 0.204. The van der Waals surface area contributed by atoms with E-state index in [4.69, 9.17) is 9.47 Å². The van der Waals surface area contributed by atoms with Crippen molar-refractivity contribution in [1.29, 1.82) is 0 Å². The van der Waals surface area contributed by atoms with Crippen molar-refractivity contribution in [3.05, 3.63) is 54.1 Å². The summed E-state index contributed by atoms with van der Waals surface area (Å²) in [4.78, 5) is 26.1. The molecule has 1 fully saturated rings. The molecule has 1 atom stereocenters. The Hall–Kier alpha value is -2.56. The van der Waals surface area contributed by atoms with Gasteiger partial charge >= 0.3 is 5.97 Å². The smallest absolute Gasteiger partial charge is 0.328 e. The SMILES string of the molecule is C=CCc1cc(C(=O)N2CC[C@@H]2C(=O)OC)cc(CC=C)c1OC. The summed E-state index contributed by atoms with van der Waals surface area (Å²) in [5.41, 5.74) is 2.33. The minimum Gasteiger partial charge on any atom is -0.496 e. The van der Waals surface area contributed by atoms with Crippen molar-refractivity contribution in [2.75, 3.05) is 20.8 Å². The molecule has 5 nitrogen and oxygen atoms in total. The van der Waals surface area contributed by atoms with Crippen molar-refractivity contribution >= 4 is 11.9 Å². The van der Waals surface area contributed by atoms with Crippen molar-refractivity contribution < 1.29 is 19.1 Å². The van der Waals surface area contributed by atoms with Gasteiger partial charge in [0, 0.05) is 12.1 Å². The highest BCUT2D eigenvalue weighted by Crippen LogP contribution is 2.30. The van der Waals surface area contributed by atoms with E-state index >= 15 is 0 Å². The fourth-order valence-electron chi connectivity index (χ4n) is 2.93. The number of carbonyl (C=O) groups excluding carboxylic acids is 2. The lowest BCUT2D eigenvalue weighted by Crippen LogP contribution is -2.55. The molecular weight excluding hydrogens is 306 g/mol. The first-order valence-corrected chi connectivity index (χ1v) is 7.87. The molecule has 0 bridgehead atoms. The third-order valence-electron chi connectivity index (χ3n) is 4.18. The molecular formula is C19H23NO4. The molecule has 1 aromatic rings. The van der Waals surface area contributed by atoms with Crippen LogP contribution in [0.5, 0.6) is 5.75 Å². The number of likely N-dealkylation sites (tertiary alicyclic amines) is 1. The van der Waals surface area contributed by atoms with E-state index in [1.54, 1.807) is 24.2 Å². The standard InChI is InChI=1S/C19H23NO4/c1-5-7-13-11-15(12-14(8-6-2)17(13)23-3)18(21)20-10-9-16(20)19(22)24-4/h5-6,11-12,16H,1-2,7-10H2,3-4H3/t16-/m1/s1. The first kappa shape index (κ1) is 17.8. The van der Waals surface area contributed by atoms with Gasteiger partial charge in [0.15, 0.2) is 0 Å². The molecule has 1 aromatic carbocycles. The average molecular weight is 329 g/mol. The molecule has 1 amide bonds. The topological polar surface area (TPSA) is 55.8 Å². The molecule has 24 heavy (non-hydrogen) atoms. The molecule has 128 valence electrons. The Balaban J connectivity index is 2.38. The van der Waals surface area contributed by atoms with Crippen molar-refractivity contribution in [1.82, 2.24) is 4.90 Å². The van der Waals surface area contributed by atoms with Crippen LogP contribution in [0.3, 0.4) is 0 Å². The number of methoxy groups -OCH3 is 2. The fraction of sp³-hybridized carbons (Fsp3) is 0.368. The van der Waals surface area contributed by atoms with Crippen LogP contribution in [0.25, 0.3) is 0 Å². The number of nitrogens with zero attached hydrogens (tertiary/aromatic N) is 1.